The second kappa shape index (κ2) is 4.84. The van der Waals surface area contributed by atoms with Crippen molar-refractivity contribution >= 4 is 0 Å². The van der Waals surface area contributed by atoms with Crippen LogP contribution in [0.3, 0.4) is 0 Å². The van der Waals surface area contributed by atoms with Crippen LogP contribution in [0.25, 0.3) is 0 Å². The largest absolute Gasteiger partial charge is 0.337 e. The lowest BCUT2D eigenvalue weighted by molar-refractivity contribution is -0.739. The maximum absolute atomic E-state index is 4.16. The first-order valence-electron chi connectivity index (χ1n) is 6.24. The van der Waals surface area contributed by atoms with Gasteiger partial charge in [-0.05, 0) is 26.7 Å². The summed E-state index contributed by atoms with van der Waals surface area (Å²) in [6, 6.07) is 12.2. The predicted molar refractivity (Wildman–Crippen MR) is 68.1 cm³/mol. The van der Waals surface area contributed by atoms with E-state index in [1.54, 1.807) is 0 Å². The minimum atomic E-state index is 0.572. The van der Waals surface area contributed by atoms with Gasteiger partial charge in [0.2, 0.25) is 0 Å². The molecule has 1 heteroatoms. The van der Waals surface area contributed by atoms with Gasteiger partial charge in [-0.25, -0.2) is 0 Å². The molecule has 16 heavy (non-hydrogen) atoms. The molecule has 1 heterocycles. The molecule has 1 nitrogen and oxygen atoms in total. The molecule has 1 aromatic carbocycles. The van der Waals surface area contributed by atoms with Crippen molar-refractivity contribution in [2.24, 2.45) is 5.92 Å². The van der Waals surface area contributed by atoms with Crippen molar-refractivity contribution in [3.8, 4) is 0 Å². The Morgan fingerprint density at radius 2 is 1.94 bits per heavy atom. The molecular formula is C15H22N+. The molecule has 0 unspecified atom stereocenters. The second-order valence-electron chi connectivity index (χ2n) is 5.14. The maximum atomic E-state index is 4.16. The number of nitrogens with two attached hydrogens (primary N) is 1. The van der Waals surface area contributed by atoms with Gasteiger partial charge in [0.05, 0.1) is 6.04 Å². The number of quaternary nitrogens is 1. The van der Waals surface area contributed by atoms with Crippen LogP contribution in [0.1, 0.15) is 38.3 Å². The molecule has 86 valence electrons. The molecule has 1 saturated heterocycles. The van der Waals surface area contributed by atoms with E-state index in [-0.39, 0.29) is 0 Å². The predicted octanol–water partition coefficient (Wildman–Crippen LogP) is 2.67. The van der Waals surface area contributed by atoms with Gasteiger partial charge in [0.25, 0.3) is 0 Å². The van der Waals surface area contributed by atoms with Crippen LogP contribution in [0.4, 0.5) is 0 Å². The molecular weight excluding hydrogens is 194 g/mol. The van der Waals surface area contributed by atoms with E-state index in [0.29, 0.717) is 12.0 Å². The van der Waals surface area contributed by atoms with Crippen LogP contribution in [0.5, 0.6) is 0 Å². The topological polar surface area (TPSA) is 16.6 Å². The van der Waals surface area contributed by atoms with Crippen molar-refractivity contribution in [1.29, 1.82) is 0 Å². The van der Waals surface area contributed by atoms with Crippen molar-refractivity contribution in [3.63, 3.8) is 0 Å². The van der Waals surface area contributed by atoms with E-state index in [2.05, 4.69) is 56.1 Å². The van der Waals surface area contributed by atoms with Gasteiger partial charge in [0, 0.05) is 11.5 Å². The zero-order chi connectivity index (χ0) is 11.5. The second-order valence-corrected chi connectivity index (χ2v) is 5.14. The molecule has 1 aromatic rings. The number of rotatable bonds is 2. The minimum absolute atomic E-state index is 0.572. The average molecular weight is 216 g/mol. The number of piperidine rings is 1. The van der Waals surface area contributed by atoms with Crippen LogP contribution in [-0.2, 0) is 0 Å². The summed E-state index contributed by atoms with van der Waals surface area (Å²) in [6.45, 7) is 8.65. The summed E-state index contributed by atoms with van der Waals surface area (Å²) in [5.41, 5.74) is 2.78. The molecule has 1 fully saturated rings. The normalized spacial score (nSPS) is 30.0. The highest BCUT2D eigenvalue weighted by Gasteiger charge is 2.32. The van der Waals surface area contributed by atoms with E-state index in [9.17, 15) is 0 Å². The van der Waals surface area contributed by atoms with Crippen molar-refractivity contribution in [3.05, 3.63) is 48.0 Å². The summed E-state index contributed by atoms with van der Waals surface area (Å²) in [6.07, 6.45) is 2.59. The van der Waals surface area contributed by atoms with Gasteiger partial charge < -0.3 is 5.32 Å². The van der Waals surface area contributed by atoms with Crippen LogP contribution < -0.4 is 5.32 Å². The fraction of sp³-hybridized carbons (Fsp3) is 0.467. The molecule has 2 rings (SSSR count). The molecule has 0 saturated carbocycles. The third-order valence-electron chi connectivity index (χ3n) is 3.72. The molecule has 3 atom stereocenters. The molecule has 0 bridgehead atoms. The first kappa shape index (κ1) is 11.4. The van der Waals surface area contributed by atoms with Gasteiger partial charge in [-0.15, -0.1) is 0 Å². The Kier molecular flexibility index (Phi) is 3.45. The molecule has 2 N–H and O–H groups in total. The van der Waals surface area contributed by atoms with Crippen molar-refractivity contribution in [1.82, 2.24) is 0 Å². The third-order valence-corrected chi connectivity index (χ3v) is 3.72. The van der Waals surface area contributed by atoms with Gasteiger partial charge >= 0.3 is 0 Å². The minimum Gasteiger partial charge on any atom is -0.337 e. The fourth-order valence-corrected chi connectivity index (χ4v) is 2.78. The Bertz CT molecular complexity index is 355. The van der Waals surface area contributed by atoms with Gasteiger partial charge in [0.1, 0.15) is 6.04 Å². The first-order valence-corrected chi connectivity index (χ1v) is 6.24. The lowest BCUT2D eigenvalue weighted by Gasteiger charge is -2.33. The van der Waals surface area contributed by atoms with Crippen LogP contribution in [-0.4, -0.2) is 6.04 Å². The van der Waals surface area contributed by atoms with E-state index in [0.717, 1.165) is 6.04 Å². The van der Waals surface area contributed by atoms with Gasteiger partial charge in [-0.1, -0.05) is 42.5 Å². The highest BCUT2D eigenvalue weighted by atomic mass is 15.0. The number of benzene rings is 1. The van der Waals surface area contributed by atoms with Gasteiger partial charge in [-0.2, -0.15) is 0 Å². The van der Waals surface area contributed by atoms with E-state index in [1.165, 1.54) is 24.0 Å². The molecule has 1 aliphatic heterocycles. The van der Waals surface area contributed by atoms with E-state index in [4.69, 9.17) is 0 Å². The van der Waals surface area contributed by atoms with Crippen molar-refractivity contribution in [2.75, 3.05) is 0 Å². The van der Waals surface area contributed by atoms with Crippen LogP contribution in [0.2, 0.25) is 0 Å². The average Bonchev–Trinajstić information content (AvgIpc) is 2.29. The van der Waals surface area contributed by atoms with Crippen LogP contribution in [0, 0.1) is 5.92 Å². The fourth-order valence-electron chi connectivity index (χ4n) is 2.78. The summed E-state index contributed by atoms with van der Waals surface area (Å²) < 4.78 is 0. The Morgan fingerprint density at radius 3 is 2.56 bits per heavy atom. The Balaban J connectivity index is 2.24. The Labute approximate surface area is 98.6 Å². The van der Waals surface area contributed by atoms with Crippen molar-refractivity contribution in [2.45, 2.75) is 38.8 Å². The van der Waals surface area contributed by atoms with Crippen molar-refractivity contribution < 1.29 is 5.32 Å². The lowest BCUT2D eigenvalue weighted by Crippen LogP contribution is -2.92. The zero-order valence-corrected chi connectivity index (χ0v) is 10.3. The number of hydrogen-bond donors (Lipinski definition) is 1. The van der Waals surface area contributed by atoms with Crippen LogP contribution >= 0.6 is 0 Å². The maximum Gasteiger partial charge on any atom is 0.118 e. The molecule has 0 aliphatic carbocycles. The van der Waals surface area contributed by atoms with Gasteiger partial charge in [0.15, 0.2) is 0 Å². The molecule has 1 aliphatic rings. The number of hydrogen-bond acceptors (Lipinski definition) is 0. The Hall–Kier alpha value is -1.08. The summed E-state index contributed by atoms with van der Waals surface area (Å²) in [7, 11) is 0. The van der Waals surface area contributed by atoms with E-state index >= 15 is 0 Å². The molecule has 0 amide bonds. The summed E-state index contributed by atoms with van der Waals surface area (Å²) in [4.78, 5) is 0. The highest BCUT2D eigenvalue weighted by Crippen LogP contribution is 2.31. The Morgan fingerprint density at radius 1 is 1.25 bits per heavy atom. The first-order chi connectivity index (χ1) is 7.68. The van der Waals surface area contributed by atoms with Crippen LogP contribution in [0.15, 0.2) is 42.5 Å². The SMILES string of the molecule is C=C(C)[C@H]1CC[C@H](C)[NH2+][C@@H]1c1ccccc1. The smallest absolute Gasteiger partial charge is 0.118 e. The standard InChI is InChI=1S/C15H21N/c1-11(2)14-10-9-12(3)16-15(14)13-7-5-4-6-8-13/h4-8,12,14-16H,1,9-10H2,2-3H3/p+1/t12-,14+,15+/m0/s1. The highest BCUT2D eigenvalue weighted by molar-refractivity contribution is 5.20. The summed E-state index contributed by atoms with van der Waals surface area (Å²) in [5.74, 6) is 0.638. The summed E-state index contributed by atoms with van der Waals surface area (Å²) in [5, 5.41) is 2.51. The molecule has 0 spiro atoms. The third kappa shape index (κ3) is 2.35. The molecule has 0 radical (unpaired) electrons. The molecule has 0 aromatic heterocycles. The van der Waals surface area contributed by atoms with E-state index < -0.39 is 0 Å². The quantitative estimate of drug-likeness (QED) is 0.732. The lowest BCUT2D eigenvalue weighted by atomic mass is 9.80. The summed E-state index contributed by atoms with van der Waals surface area (Å²) >= 11 is 0. The van der Waals surface area contributed by atoms with E-state index in [1.807, 2.05) is 0 Å². The zero-order valence-electron chi connectivity index (χ0n) is 10.3. The van der Waals surface area contributed by atoms with Gasteiger partial charge in [-0.3, -0.25) is 0 Å². The monoisotopic (exact) mass is 216 g/mol.